The standard InChI is InChI=1S/C24H22N2O3/c1-17-12-14-20(15-13-17)25-24(28)21(16-19-10-6-7-11-22(19)29-2)26-23(27)18-8-4-3-5-9-18/h3-16H,1-2H3,(H,25,28)(H,26,27)/b21-16-. The molecule has 0 aliphatic carbocycles. The number of methoxy groups -OCH3 is 1. The maximum absolute atomic E-state index is 12.9. The molecule has 146 valence electrons. The Morgan fingerprint density at radius 3 is 2.21 bits per heavy atom. The fourth-order valence-corrected chi connectivity index (χ4v) is 2.72. The normalized spacial score (nSPS) is 10.9. The molecule has 5 heteroatoms. The van der Waals surface area contributed by atoms with E-state index in [4.69, 9.17) is 4.74 Å². The van der Waals surface area contributed by atoms with Gasteiger partial charge in [-0.05, 0) is 43.3 Å². The summed E-state index contributed by atoms with van der Waals surface area (Å²) in [6.07, 6.45) is 1.60. The highest BCUT2D eigenvalue weighted by Crippen LogP contribution is 2.21. The van der Waals surface area contributed by atoms with Gasteiger partial charge < -0.3 is 15.4 Å². The molecule has 0 fully saturated rings. The van der Waals surface area contributed by atoms with E-state index in [1.165, 1.54) is 0 Å². The van der Waals surface area contributed by atoms with E-state index < -0.39 is 5.91 Å². The largest absolute Gasteiger partial charge is 0.496 e. The smallest absolute Gasteiger partial charge is 0.272 e. The van der Waals surface area contributed by atoms with Crippen LogP contribution in [-0.4, -0.2) is 18.9 Å². The van der Waals surface area contributed by atoms with E-state index in [2.05, 4.69) is 10.6 Å². The van der Waals surface area contributed by atoms with Crippen LogP contribution in [0.3, 0.4) is 0 Å². The van der Waals surface area contributed by atoms with Crippen molar-refractivity contribution in [2.45, 2.75) is 6.92 Å². The average Bonchev–Trinajstić information content (AvgIpc) is 2.75. The zero-order valence-electron chi connectivity index (χ0n) is 16.3. The third-order valence-corrected chi connectivity index (χ3v) is 4.28. The predicted molar refractivity (Wildman–Crippen MR) is 115 cm³/mol. The number of aryl methyl sites for hydroxylation is 1. The lowest BCUT2D eigenvalue weighted by Gasteiger charge is -2.12. The van der Waals surface area contributed by atoms with Crippen LogP contribution in [-0.2, 0) is 4.79 Å². The molecule has 0 unspecified atom stereocenters. The van der Waals surface area contributed by atoms with Gasteiger partial charge in [-0.3, -0.25) is 9.59 Å². The van der Waals surface area contributed by atoms with E-state index in [1.807, 2.05) is 55.5 Å². The Morgan fingerprint density at radius 2 is 1.52 bits per heavy atom. The van der Waals surface area contributed by atoms with Crippen molar-refractivity contribution in [3.05, 3.63) is 101 Å². The summed E-state index contributed by atoms with van der Waals surface area (Å²) in [5.74, 6) is -0.197. The number of para-hydroxylation sites is 1. The third-order valence-electron chi connectivity index (χ3n) is 4.28. The van der Waals surface area contributed by atoms with Crippen LogP contribution in [0.25, 0.3) is 6.08 Å². The highest BCUT2D eigenvalue weighted by atomic mass is 16.5. The molecule has 0 aliphatic rings. The number of anilines is 1. The zero-order valence-corrected chi connectivity index (χ0v) is 16.3. The summed E-state index contributed by atoms with van der Waals surface area (Å²) in [6, 6.07) is 23.5. The van der Waals surface area contributed by atoms with Crippen molar-refractivity contribution in [1.29, 1.82) is 0 Å². The number of hydrogen-bond donors (Lipinski definition) is 2. The summed E-state index contributed by atoms with van der Waals surface area (Å²) in [5, 5.41) is 5.54. The SMILES string of the molecule is COc1ccccc1/C=C(\NC(=O)c1ccccc1)C(=O)Nc1ccc(C)cc1. The molecule has 0 heterocycles. The first-order valence-electron chi connectivity index (χ1n) is 9.16. The minimum atomic E-state index is -0.427. The number of carbonyl (C=O) groups is 2. The molecule has 0 saturated heterocycles. The van der Waals surface area contributed by atoms with Gasteiger partial charge in [0.15, 0.2) is 0 Å². The molecule has 3 aromatic rings. The fraction of sp³-hybridized carbons (Fsp3) is 0.0833. The molecular formula is C24H22N2O3. The first kappa shape index (κ1) is 19.9. The first-order valence-corrected chi connectivity index (χ1v) is 9.16. The van der Waals surface area contributed by atoms with E-state index in [0.717, 1.165) is 5.56 Å². The molecule has 3 rings (SSSR count). The molecule has 0 saturated carbocycles. The van der Waals surface area contributed by atoms with Crippen LogP contribution < -0.4 is 15.4 Å². The second-order valence-electron chi connectivity index (χ2n) is 6.44. The molecule has 3 aromatic carbocycles. The monoisotopic (exact) mass is 386 g/mol. The molecular weight excluding hydrogens is 364 g/mol. The lowest BCUT2D eigenvalue weighted by Crippen LogP contribution is -2.30. The van der Waals surface area contributed by atoms with Crippen molar-refractivity contribution in [3.8, 4) is 5.75 Å². The van der Waals surface area contributed by atoms with Crippen LogP contribution in [0.15, 0.2) is 84.6 Å². The topological polar surface area (TPSA) is 67.4 Å². The van der Waals surface area contributed by atoms with Crippen LogP contribution in [0, 0.1) is 6.92 Å². The molecule has 0 atom stereocenters. The molecule has 0 spiro atoms. The van der Waals surface area contributed by atoms with E-state index in [1.54, 1.807) is 43.5 Å². The molecule has 2 amide bonds. The van der Waals surface area contributed by atoms with Crippen LogP contribution >= 0.6 is 0 Å². The molecule has 5 nitrogen and oxygen atoms in total. The van der Waals surface area contributed by atoms with Gasteiger partial charge in [-0.25, -0.2) is 0 Å². The highest BCUT2D eigenvalue weighted by molar-refractivity contribution is 6.10. The summed E-state index contributed by atoms with van der Waals surface area (Å²) >= 11 is 0. The van der Waals surface area contributed by atoms with E-state index >= 15 is 0 Å². The zero-order chi connectivity index (χ0) is 20.6. The van der Waals surface area contributed by atoms with Gasteiger partial charge in [-0.15, -0.1) is 0 Å². The Morgan fingerprint density at radius 1 is 0.862 bits per heavy atom. The second kappa shape index (κ2) is 9.37. The van der Waals surface area contributed by atoms with Crippen LogP contribution in [0.5, 0.6) is 5.75 Å². The van der Waals surface area contributed by atoms with Crippen LogP contribution in [0.2, 0.25) is 0 Å². The Kier molecular flexibility index (Phi) is 6.43. The number of ether oxygens (including phenoxy) is 1. The average molecular weight is 386 g/mol. The minimum Gasteiger partial charge on any atom is -0.496 e. The summed E-state index contributed by atoms with van der Waals surface area (Å²) in [4.78, 5) is 25.6. The van der Waals surface area contributed by atoms with Gasteiger partial charge in [-0.2, -0.15) is 0 Å². The molecule has 2 N–H and O–H groups in total. The Hall–Kier alpha value is -3.86. The van der Waals surface area contributed by atoms with Crippen molar-refractivity contribution in [2.75, 3.05) is 12.4 Å². The first-order chi connectivity index (χ1) is 14.1. The van der Waals surface area contributed by atoms with Crippen molar-refractivity contribution < 1.29 is 14.3 Å². The number of amides is 2. The van der Waals surface area contributed by atoms with Gasteiger partial charge in [-0.1, -0.05) is 54.1 Å². The van der Waals surface area contributed by atoms with Crippen molar-refractivity contribution in [1.82, 2.24) is 5.32 Å². The Bertz CT molecular complexity index is 1030. The highest BCUT2D eigenvalue weighted by Gasteiger charge is 2.16. The fourth-order valence-electron chi connectivity index (χ4n) is 2.72. The molecule has 0 bridgehead atoms. The Balaban J connectivity index is 1.92. The maximum atomic E-state index is 12.9. The number of rotatable bonds is 6. The Labute approximate surface area is 170 Å². The predicted octanol–water partition coefficient (Wildman–Crippen LogP) is 4.41. The second-order valence-corrected chi connectivity index (χ2v) is 6.44. The molecule has 0 aliphatic heterocycles. The quantitative estimate of drug-likeness (QED) is 0.617. The summed E-state index contributed by atoms with van der Waals surface area (Å²) in [6.45, 7) is 1.97. The summed E-state index contributed by atoms with van der Waals surface area (Å²) < 4.78 is 5.36. The number of benzene rings is 3. The van der Waals surface area contributed by atoms with Gasteiger partial charge in [0.05, 0.1) is 7.11 Å². The number of hydrogen-bond acceptors (Lipinski definition) is 3. The van der Waals surface area contributed by atoms with Crippen molar-refractivity contribution >= 4 is 23.6 Å². The molecule has 29 heavy (non-hydrogen) atoms. The third kappa shape index (κ3) is 5.32. The lowest BCUT2D eigenvalue weighted by molar-refractivity contribution is -0.113. The van der Waals surface area contributed by atoms with E-state index in [0.29, 0.717) is 22.6 Å². The minimum absolute atomic E-state index is 0.115. The van der Waals surface area contributed by atoms with Gasteiger partial charge in [0.25, 0.3) is 11.8 Å². The summed E-state index contributed by atoms with van der Waals surface area (Å²) in [7, 11) is 1.56. The van der Waals surface area contributed by atoms with Gasteiger partial charge in [0.1, 0.15) is 11.4 Å². The van der Waals surface area contributed by atoms with E-state index in [-0.39, 0.29) is 11.6 Å². The number of nitrogens with one attached hydrogen (secondary N) is 2. The molecule has 0 radical (unpaired) electrons. The van der Waals surface area contributed by atoms with Crippen LogP contribution in [0.4, 0.5) is 5.69 Å². The van der Waals surface area contributed by atoms with E-state index in [9.17, 15) is 9.59 Å². The van der Waals surface area contributed by atoms with Gasteiger partial charge in [0, 0.05) is 16.8 Å². The summed E-state index contributed by atoms with van der Waals surface area (Å²) in [5.41, 5.74) is 2.98. The maximum Gasteiger partial charge on any atom is 0.272 e. The van der Waals surface area contributed by atoms with Gasteiger partial charge in [0.2, 0.25) is 0 Å². The van der Waals surface area contributed by atoms with Crippen LogP contribution in [0.1, 0.15) is 21.5 Å². The number of carbonyl (C=O) groups excluding carboxylic acids is 2. The van der Waals surface area contributed by atoms with Gasteiger partial charge >= 0.3 is 0 Å². The van der Waals surface area contributed by atoms with Crippen molar-refractivity contribution in [2.24, 2.45) is 0 Å². The van der Waals surface area contributed by atoms with Crippen molar-refractivity contribution in [3.63, 3.8) is 0 Å². The molecule has 0 aromatic heterocycles. The lowest BCUT2D eigenvalue weighted by atomic mass is 10.1.